The maximum atomic E-state index is 15.7. The van der Waals surface area contributed by atoms with E-state index in [2.05, 4.69) is 4.98 Å². The molecule has 3 rings (SSSR count). The predicted octanol–water partition coefficient (Wildman–Crippen LogP) is 3.70. The second-order valence-electron chi connectivity index (χ2n) is 6.67. The number of nitrogens with two attached hydrogens (primary N) is 1. The number of halogens is 3. The van der Waals surface area contributed by atoms with Gasteiger partial charge in [-0.25, -0.2) is 4.39 Å². The first-order valence-electron chi connectivity index (χ1n) is 8.32. The van der Waals surface area contributed by atoms with Gasteiger partial charge in [0.05, 0.1) is 17.8 Å². The molecule has 138 valence electrons. The minimum atomic E-state index is -2.17. The number of aliphatic hydroxyl groups is 1. The molecule has 0 aliphatic heterocycles. The number of alkyl halides is 1. The van der Waals surface area contributed by atoms with Gasteiger partial charge in [-0.05, 0) is 43.0 Å². The van der Waals surface area contributed by atoms with Crippen molar-refractivity contribution in [3.05, 3.63) is 63.4 Å². The lowest BCUT2D eigenvalue weighted by molar-refractivity contribution is -0.133. The standard InChI is InChI=1S/C19H19Cl2FN2O2/c20-13-5-3-12(15(21)10-13)4-6-16(26)19(22)8-7-18(23,11-25)17-14(19)2-1-9-24-17/h1-3,5,9-10,25H,4,6-8,11,23H2/t18-,19+/m1/s1. The molecule has 7 heteroatoms. The fraction of sp³-hybridized carbons (Fsp3) is 0.368. The average molecular weight is 397 g/mol. The van der Waals surface area contributed by atoms with Gasteiger partial charge in [-0.3, -0.25) is 9.78 Å². The number of aryl methyl sites for hydroxylation is 1. The highest BCUT2D eigenvalue weighted by Crippen LogP contribution is 2.45. The fourth-order valence-electron chi connectivity index (χ4n) is 3.38. The highest BCUT2D eigenvalue weighted by atomic mass is 35.5. The lowest BCUT2D eigenvalue weighted by Crippen LogP contribution is -2.50. The van der Waals surface area contributed by atoms with Crippen LogP contribution >= 0.6 is 23.2 Å². The Labute approximate surface area is 161 Å². The van der Waals surface area contributed by atoms with Crippen LogP contribution in [0.1, 0.15) is 36.1 Å². The Morgan fingerprint density at radius 1 is 1.31 bits per heavy atom. The number of rotatable bonds is 5. The van der Waals surface area contributed by atoms with Crippen molar-refractivity contribution in [1.82, 2.24) is 4.98 Å². The normalized spacial score (nSPS) is 25.0. The molecule has 0 fully saturated rings. The van der Waals surface area contributed by atoms with Gasteiger partial charge in [0, 0.05) is 28.2 Å². The van der Waals surface area contributed by atoms with Crippen LogP contribution in [0.15, 0.2) is 36.5 Å². The minimum Gasteiger partial charge on any atom is -0.394 e. The molecule has 1 aromatic heterocycles. The number of carbonyl (C=O) groups is 1. The zero-order chi connectivity index (χ0) is 18.9. The first-order valence-corrected chi connectivity index (χ1v) is 9.07. The van der Waals surface area contributed by atoms with Gasteiger partial charge in [-0.2, -0.15) is 0 Å². The van der Waals surface area contributed by atoms with E-state index in [0.717, 1.165) is 5.56 Å². The third kappa shape index (κ3) is 3.37. The molecule has 0 saturated carbocycles. The lowest BCUT2D eigenvalue weighted by Gasteiger charge is -2.39. The van der Waals surface area contributed by atoms with E-state index < -0.39 is 17.0 Å². The quantitative estimate of drug-likeness (QED) is 0.807. The van der Waals surface area contributed by atoms with Crippen molar-refractivity contribution in [2.24, 2.45) is 5.73 Å². The lowest BCUT2D eigenvalue weighted by atomic mass is 9.71. The molecule has 0 bridgehead atoms. The van der Waals surface area contributed by atoms with Crippen LogP contribution in [0.5, 0.6) is 0 Å². The Bertz CT molecular complexity index is 848. The highest BCUT2D eigenvalue weighted by molar-refractivity contribution is 6.35. The van der Waals surface area contributed by atoms with Gasteiger partial charge < -0.3 is 10.8 Å². The van der Waals surface area contributed by atoms with Crippen LogP contribution in [-0.4, -0.2) is 22.5 Å². The van der Waals surface area contributed by atoms with Gasteiger partial charge >= 0.3 is 0 Å². The van der Waals surface area contributed by atoms with E-state index >= 15 is 4.39 Å². The van der Waals surface area contributed by atoms with E-state index in [9.17, 15) is 9.90 Å². The van der Waals surface area contributed by atoms with Crippen LogP contribution in [0.25, 0.3) is 0 Å². The summed E-state index contributed by atoms with van der Waals surface area (Å²) in [6.45, 7) is -0.359. The van der Waals surface area contributed by atoms with E-state index in [-0.39, 0.29) is 37.1 Å². The van der Waals surface area contributed by atoms with E-state index in [1.807, 2.05) is 0 Å². The molecule has 0 radical (unpaired) electrons. The van der Waals surface area contributed by atoms with Crippen LogP contribution in [-0.2, 0) is 22.4 Å². The van der Waals surface area contributed by atoms with Crippen LogP contribution in [0, 0.1) is 0 Å². The molecule has 0 unspecified atom stereocenters. The number of hydrogen-bond acceptors (Lipinski definition) is 4. The zero-order valence-electron chi connectivity index (χ0n) is 14.0. The molecule has 0 amide bonds. The first kappa shape index (κ1) is 19.2. The highest BCUT2D eigenvalue weighted by Gasteiger charge is 2.50. The number of ketones is 1. The van der Waals surface area contributed by atoms with E-state index in [1.165, 1.54) is 12.3 Å². The second-order valence-corrected chi connectivity index (χ2v) is 7.52. The second kappa shape index (κ2) is 7.24. The number of aliphatic hydroxyl groups excluding tert-OH is 1. The fourth-order valence-corrected chi connectivity index (χ4v) is 3.89. The van der Waals surface area contributed by atoms with Crippen molar-refractivity contribution in [3.63, 3.8) is 0 Å². The summed E-state index contributed by atoms with van der Waals surface area (Å²) in [5.41, 5.74) is 4.00. The van der Waals surface area contributed by atoms with Gasteiger partial charge in [0.25, 0.3) is 0 Å². The van der Waals surface area contributed by atoms with Crippen molar-refractivity contribution in [2.45, 2.75) is 36.9 Å². The smallest absolute Gasteiger partial charge is 0.195 e. The number of hydrogen-bond donors (Lipinski definition) is 2. The molecule has 0 spiro atoms. The maximum Gasteiger partial charge on any atom is 0.195 e. The number of carbonyl (C=O) groups excluding carboxylic acids is 1. The summed E-state index contributed by atoms with van der Waals surface area (Å²) in [5.74, 6) is -0.544. The van der Waals surface area contributed by atoms with Crippen LogP contribution in [0.3, 0.4) is 0 Å². The average Bonchev–Trinajstić information content (AvgIpc) is 2.64. The summed E-state index contributed by atoms with van der Waals surface area (Å²) in [6, 6.07) is 8.10. The Morgan fingerprint density at radius 2 is 2.08 bits per heavy atom. The SMILES string of the molecule is N[C@@]1(CO)CC[C@@](F)(C(=O)CCc2ccc(Cl)cc2Cl)c2cccnc21. The van der Waals surface area contributed by atoms with Gasteiger partial charge in [0.1, 0.15) is 0 Å². The minimum absolute atomic E-state index is 0.0110. The van der Waals surface area contributed by atoms with E-state index in [4.69, 9.17) is 28.9 Å². The number of pyridine rings is 1. The van der Waals surface area contributed by atoms with Gasteiger partial charge in [-0.1, -0.05) is 35.3 Å². The molecule has 1 aromatic carbocycles. The summed E-state index contributed by atoms with van der Waals surface area (Å²) in [5, 5.41) is 10.6. The summed E-state index contributed by atoms with van der Waals surface area (Å²) in [4.78, 5) is 16.9. The van der Waals surface area contributed by atoms with E-state index in [1.54, 1.807) is 24.3 Å². The molecule has 3 N–H and O–H groups in total. The summed E-state index contributed by atoms with van der Waals surface area (Å²) >= 11 is 12.0. The molecular weight excluding hydrogens is 378 g/mol. The molecule has 2 atom stereocenters. The zero-order valence-corrected chi connectivity index (χ0v) is 15.5. The van der Waals surface area contributed by atoms with E-state index in [0.29, 0.717) is 16.5 Å². The molecule has 1 aliphatic rings. The molecule has 2 aromatic rings. The van der Waals surface area contributed by atoms with Gasteiger partial charge in [0.2, 0.25) is 0 Å². The molecule has 1 heterocycles. The Balaban J connectivity index is 1.85. The van der Waals surface area contributed by atoms with Crippen molar-refractivity contribution in [2.75, 3.05) is 6.61 Å². The number of nitrogens with zero attached hydrogens (tertiary/aromatic N) is 1. The molecular formula is C19H19Cl2FN2O2. The largest absolute Gasteiger partial charge is 0.394 e. The molecule has 4 nitrogen and oxygen atoms in total. The third-order valence-corrected chi connectivity index (χ3v) is 5.57. The first-order chi connectivity index (χ1) is 12.3. The van der Waals surface area contributed by atoms with Crippen molar-refractivity contribution < 1.29 is 14.3 Å². The van der Waals surface area contributed by atoms with Crippen LogP contribution in [0.2, 0.25) is 10.0 Å². The monoisotopic (exact) mass is 396 g/mol. The van der Waals surface area contributed by atoms with Gasteiger partial charge in [0.15, 0.2) is 11.5 Å². The number of fused-ring (bicyclic) bond motifs is 1. The molecule has 0 saturated heterocycles. The molecule has 26 heavy (non-hydrogen) atoms. The summed E-state index contributed by atoms with van der Waals surface area (Å²) in [7, 11) is 0. The van der Waals surface area contributed by atoms with Crippen molar-refractivity contribution >= 4 is 29.0 Å². The third-order valence-electron chi connectivity index (χ3n) is 4.98. The van der Waals surface area contributed by atoms with Crippen molar-refractivity contribution in [1.29, 1.82) is 0 Å². The van der Waals surface area contributed by atoms with Gasteiger partial charge in [-0.15, -0.1) is 0 Å². The maximum absolute atomic E-state index is 15.7. The number of Topliss-reactive ketones (excluding diaryl/α,β-unsaturated/α-hetero) is 1. The number of aromatic nitrogens is 1. The summed E-state index contributed by atoms with van der Waals surface area (Å²) < 4.78 is 15.7. The molecule has 1 aliphatic carbocycles. The Kier molecular flexibility index (Phi) is 5.35. The topological polar surface area (TPSA) is 76.2 Å². The van der Waals surface area contributed by atoms with Crippen molar-refractivity contribution in [3.8, 4) is 0 Å². The summed E-state index contributed by atoms with van der Waals surface area (Å²) in [6.07, 6.45) is 1.83. The number of benzene rings is 1. The van der Waals surface area contributed by atoms with Crippen LogP contribution in [0.4, 0.5) is 4.39 Å². The Hall–Kier alpha value is -1.53. The Morgan fingerprint density at radius 3 is 2.77 bits per heavy atom. The predicted molar refractivity (Wildman–Crippen MR) is 99.0 cm³/mol. The van der Waals surface area contributed by atoms with Crippen LogP contribution < -0.4 is 5.73 Å².